The number of hydrogen-bond acceptors (Lipinski definition) is 4. The van der Waals surface area contributed by atoms with E-state index in [0.717, 1.165) is 61.2 Å². The van der Waals surface area contributed by atoms with E-state index in [1.165, 1.54) is 36.3 Å². The molecule has 0 N–H and O–H groups in total. The van der Waals surface area contributed by atoms with E-state index in [1.807, 2.05) is 17.4 Å². The first-order valence-electron chi connectivity index (χ1n) is 17.5. The number of benzene rings is 7. The zero-order chi connectivity index (χ0) is 34.2. The van der Waals surface area contributed by atoms with Crippen LogP contribution in [-0.2, 0) is 0 Å². The van der Waals surface area contributed by atoms with Crippen molar-refractivity contribution in [3.05, 3.63) is 170 Å². The molecule has 0 aliphatic rings. The molecule has 0 radical (unpaired) electrons. The van der Waals surface area contributed by atoms with Crippen molar-refractivity contribution in [3.8, 4) is 39.7 Å². The summed E-state index contributed by atoms with van der Waals surface area (Å²) < 4.78 is 4.76. The van der Waals surface area contributed by atoms with Crippen molar-refractivity contribution in [3.63, 3.8) is 0 Å². The second-order valence-electron chi connectivity index (χ2n) is 13.2. The van der Waals surface area contributed by atoms with Crippen LogP contribution in [0.2, 0.25) is 0 Å². The van der Waals surface area contributed by atoms with Gasteiger partial charge in [-0.05, 0) is 42.5 Å². The monoisotopic (exact) mass is 680 g/mol. The summed E-state index contributed by atoms with van der Waals surface area (Å²) in [6, 6.07) is 59.9. The first-order chi connectivity index (χ1) is 25.8. The lowest BCUT2D eigenvalue weighted by Gasteiger charge is -2.13. The van der Waals surface area contributed by atoms with Crippen molar-refractivity contribution in [2.24, 2.45) is 0 Å². The molecule has 0 spiro atoms. The summed E-state index contributed by atoms with van der Waals surface area (Å²) in [5, 5.41) is 8.39. The lowest BCUT2D eigenvalue weighted by molar-refractivity contribution is 1.05. The number of nitrogens with zero attached hydrogens (tertiary/aromatic N) is 4. The summed E-state index contributed by atoms with van der Waals surface area (Å²) in [5.74, 6) is 1.53. The highest BCUT2D eigenvalue weighted by atomic mass is 32.1. The highest BCUT2D eigenvalue weighted by Gasteiger charge is 2.19. The van der Waals surface area contributed by atoms with Gasteiger partial charge in [0.25, 0.3) is 0 Å². The molecule has 0 aliphatic carbocycles. The molecule has 5 heteroatoms. The number of rotatable bonds is 4. The van der Waals surface area contributed by atoms with Crippen LogP contribution in [0.25, 0.3) is 103 Å². The highest BCUT2D eigenvalue weighted by molar-refractivity contribution is 7.26. The van der Waals surface area contributed by atoms with Crippen LogP contribution in [0.1, 0.15) is 0 Å². The van der Waals surface area contributed by atoms with Crippen molar-refractivity contribution >= 4 is 75.0 Å². The Morgan fingerprint density at radius 3 is 1.79 bits per heavy atom. The fourth-order valence-corrected chi connectivity index (χ4v) is 8.96. The summed E-state index contributed by atoms with van der Waals surface area (Å²) in [7, 11) is 0. The van der Waals surface area contributed by atoms with Gasteiger partial charge in [-0.15, -0.1) is 11.3 Å². The van der Waals surface area contributed by atoms with E-state index >= 15 is 0 Å². The molecule has 0 saturated carbocycles. The molecule has 11 rings (SSSR count). The Morgan fingerprint density at radius 1 is 0.404 bits per heavy atom. The van der Waals surface area contributed by atoms with Crippen LogP contribution < -0.4 is 0 Å². The molecular weight excluding hydrogens is 653 g/mol. The van der Waals surface area contributed by atoms with Crippen LogP contribution in [0, 0.1) is 0 Å². The zero-order valence-corrected chi connectivity index (χ0v) is 28.7. The van der Waals surface area contributed by atoms with E-state index in [4.69, 9.17) is 15.0 Å². The summed E-state index contributed by atoms with van der Waals surface area (Å²) in [4.78, 5) is 15.8. The molecule has 0 atom stereocenters. The Morgan fingerprint density at radius 2 is 1.04 bits per heavy atom. The van der Waals surface area contributed by atoms with Crippen LogP contribution in [0.3, 0.4) is 0 Å². The van der Waals surface area contributed by atoms with Gasteiger partial charge >= 0.3 is 0 Å². The number of thiophene rings is 1. The molecule has 4 nitrogen and oxygen atoms in total. The molecule has 0 bridgehead atoms. The Balaban J connectivity index is 1.20. The van der Waals surface area contributed by atoms with Crippen LogP contribution in [0.4, 0.5) is 0 Å². The fraction of sp³-hybridized carbons (Fsp3) is 0. The minimum Gasteiger partial charge on any atom is -0.294 e. The normalized spacial score (nSPS) is 11.8. The largest absolute Gasteiger partial charge is 0.294 e. The summed E-state index contributed by atoms with van der Waals surface area (Å²) in [5.41, 5.74) is 8.25. The van der Waals surface area contributed by atoms with Gasteiger partial charge in [0.15, 0.2) is 5.82 Å². The molecule has 0 saturated heterocycles. The lowest BCUT2D eigenvalue weighted by Crippen LogP contribution is -2.02. The van der Waals surface area contributed by atoms with E-state index < -0.39 is 0 Å². The third-order valence-corrected chi connectivity index (χ3v) is 11.3. The maximum absolute atomic E-state index is 5.35. The Hall–Kier alpha value is -6.69. The summed E-state index contributed by atoms with van der Waals surface area (Å²) in [6.45, 7) is 0. The van der Waals surface area contributed by atoms with Crippen molar-refractivity contribution < 1.29 is 0 Å². The van der Waals surface area contributed by atoms with Gasteiger partial charge in [-0.1, -0.05) is 121 Å². The second-order valence-corrected chi connectivity index (χ2v) is 14.3. The van der Waals surface area contributed by atoms with E-state index in [0.29, 0.717) is 5.82 Å². The first-order valence-corrected chi connectivity index (χ1v) is 18.3. The van der Waals surface area contributed by atoms with Gasteiger partial charge in [-0.3, -0.25) is 4.57 Å². The molecule has 52 heavy (non-hydrogen) atoms. The molecular formula is C47H28N4S. The predicted octanol–water partition coefficient (Wildman–Crippen LogP) is 12.6. The average Bonchev–Trinajstić information content (AvgIpc) is 3.76. The fourth-order valence-electron chi connectivity index (χ4n) is 7.87. The molecule has 242 valence electrons. The molecule has 0 amide bonds. The van der Waals surface area contributed by atoms with Crippen LogP contribution in [0.15, 0.2) is 170 Å². The van der Waals surface area contributed by atoms with Gasteiger partial charge in [-0.2, -0.15) is 0 Å². The number of pyridine rings is 1. The van der Waals surface area contributed by atoms with Gasteiger partial charge < -0.3 is 0 Å². The van der Waals surface area contributed by atoms with E-state index in [1.54, 1.807) is 0 Å². The number of para-hydroxylation sites is 3. The number of fused-ring (bicyclic) bond motifs is 10. The van der Waals surface area contributed by atoms with Crippen LogP contribution in [0.5, 0.6) is 0 Å². The van der Waals surface area contributed by atoms with Gasteiger partial charge in [0.1, 0.15) is 5.82 Å². The maximum Gasteiger partial charge on any atom is 0.162 e. The van der Waals surface area contributed by atoms with Gasteiger partial charge in [0, 0.05) is 69.9 Å². The van der Waals surface area contributed by atoms with Crippen LogP contribution in [-0.4, -0.2) is 19.5 Å². The standard InChI is InChI=1S/C47H28N4S/c1-3-13-29(14-4-1)38-28-43(51-39-21-11-8-17-32(39)33-18-9-12-22-40(33)51)50-47(49-38)31-23-25-41-36(27-31)45-42(52-41)26-24-35-44(45)34-19-7-10-20-37(34)48-46(35)30-15-5-2-6-16-30/h1-28H. The number of hydrogen-bond donors (Lipinski definition) is 0. The molecule has 0 fully saturated rings. The van der Waals surface area contributed by atoms with E-state index in [2.05, 4.69) is 168 Å². The van der Waals surface area contributed by atoms with Gasteiger partial charge in [0.2, 0.25) is 0 Å². The highest BCUT2D eigenvalue weighted by Crippen LogP contribution is 2.44. The lowest BCUT2D eigenvalue weighted by atomic mass is 9.96. The van der Waals surface area contributed by atoms with Gasteiger partial charge in [-0.25, -0.2) is 15.0 Å². The quantitative estimate of drug-likeness (QED) is 0.174. The molecule has 4 heterocycles. The maximum atomic E-state index is 5.35. The third kappa shape index (κ3) is 4.43. The summed E-state index contributed by atoms with van der Waals surface area (Å²) >= 11 is 1.83. The molecule has 0 unspecified atom stereocenters. The van der Waals surface area contributed by atoms with Crippen molar-refractivity contribution in [2.45, 2.75) is 0 Å². The third-order valence-electron chi connectivity index (χ3n) is 10.2. The smallest absolute Gasteiger partial charge is 0.162 e. The molecule has 7 aromatic carbocycles. The zero-order valence-electron chi connectivity index (χ0n) is 27.9. The SMILES string of the molecule is c1ccc(-c2cc(-n3c4ccccc4c4ccccc43)nc(-c3ccc4sc5ccc6c(-c7ccccc7)nc7ccccc7c6c5c4c3)n2)cc1. The molecule has 11 aromatic rings. The second kappa shape index (κ2) is 11.4. The minimum absolute atomic E-state index is 0.691. The average molecular weight is 681 g/mol. The Bertz CT molecular complexity index is 3130. The Labute approximate surface area is 302 Å². The van der Waals surface area contributed by atoms with Crippen LogP contribution >= 0.6 is 11.3 Å². The van der Waals surface area contributed by atoms with Crippen molar-refractivity contribution in [1.82, 2.24) is 19.5 Å². The number of aromatic nitrogens is 4. The topological polar surface area (TPSA) is 43.6 Å². The van der Waals surface area contributed by atoms with E-state index in [9.17, 15) is 0 Å². The molecule has 0 aliphatic heterocycles. The van der Waals surface area contributed by atoms with Gasteiger partial charge in [0.05, 0.1) is 27.9 Å². The first kappa shape index (κ1) is 29.1. The van der Waals surface area contributed by atoms with E-state index in [-0.39, 0.29) is 0 Å². The Kier molecular flexibility index (Phi) is 6.39. The minimum atomic E-state index is 0.691. The van der Waals surface area contributed by atoms with Crippen molar-refractivity contribution in [2.75, 3.05) is 0 Å². The summed E-state index contributed by atoms with van der Waals surface area (Å²) in [6.07, 6.45) is 0. The molecule has 4 aromatic heterocycles. The van der Waals surface area contributed by atoms with Crippen molar-refractivity contribution in [1.29, 1.82) is 0 Å². The predicted molar refractivity (Wildman–Crippen MR) is 218 cm³/mol.